The van der Waals surface area contributed by atoms with Gasteiger partial charge in [-0.3, -0.25) is 29.4 Å². The quantitative estimate of drug-likeness (QED) is 0.226. The van der Waals surface area contributed by atoms with Crippen LogP contribution in [0.15, 0.2) is 53.6 Å². The number of aromatic nitrogens is 2. The molecule has 1 spiro atoms. The van der Waals surface area contributed by atoms with Crippen LogP contribution in [-0.4, -0.2) is 128 Å². The number of pyridine rings is 2. The molecule has 3 amide bonds. The van der Waals surface area contributed by atoms with Gasteiger partial charge in [0.2, 0.25) is 11.8 Å². The van der Waals surface area contributed by atoms with Gasteiger partial charge in [0, 0.05) is 106 Å². The maximum Gasteiger partial charge on any atom is 0.264 e. The number of nitrogens with zero attached hydrogens (tertiary/aromatic N) is 7. The standard InChI is InChI=1S/C46H54F2N8O6/c1-51(2)40-19-33-34(20-49-40)43(59)52(3)23-35(33)29-16-38(61-4)36(39(17-29)62-5)24-54-13-10-30(46(47,48)27-54)22-53-14-11-45(12-15-53)25-55(26-45)31-7-6-28-21-56(44(60)32(28)18-31)37-8-9-41(57)50-42(37)58/h6-7,16-20,23,30,37H,8-15,21-22,24-27H2,1-5H3,(H,50,57,58). The molecule has 9 rings (SSSR count). The van der Waals surface area contributed by atoms with E-state index < -0.39 is 23.8 Å². The third kappa shape index (κ3) is 7.54. The second-order valence-electron chi connectivity index (χ2n) is 18.2. The zero-order valence-electron chi connectivity index (χ0n) is 36.0. The topological polar surface area (TPSA) is 133 Å². The maximum absolute atomic E-state index is 16.1. The second kappa shape index (κ2) is 15.9. The summed E-state index contributed by atoms with van der Waals surface area (Å²) in [7, 11) is 8.61. The molecule has 0 aliphatic carbocycles. The number of fused-ring (bicyclic) bond motifs is 2. The maximum atomic E-state index is 16.1. The first-order chi connectivity index (χ1) is 29.7. The van der Waals surface area contributed by atoms with Crippen LogP contribution in [-0.2, 0) is 29.7 Å². The summed E-state index contributed by atoms with van der Waals surface area (Å²) in [6, 6.07) is 10.9. The molecule has 0 radical (unpaired) electrons. The van der Waals surface area contributed by atoms with E-state index in [1.54, 1.807) is 43.5 Å². The van der Waals surface area contributed by atoms with E-state index in [0.29, 0.717) is 66.3 Å². The van der Waals surface area contributed by atoms with Crippen LogP contribution < -0.4 is 30.1 Å². The summed E-state index contributed by atoms with van der Waals surface area (Å²) in [5.74, 6) is -2.79. The van der Waals surface area contributed by atoms with E-state index in [1.165, 1.54) is 4.57 Å². The van der Waals surface area contributed by atoms with Gasteiger partial charge in [0.05, 0.1) is 31.7 Å². The molecule has 328 valence electrons. The number of aryl methyl sites for hydroxylation is 1. The molecule has 5 aliphatic heterocycles. The lowest BCUT2D eigenvalue weighted by Crippen LogP contribution is -2.61. The average molecular weight is 853 g/mol. The minimum Gasteiger partial charge on any atom is -0.496 e. The summed E-state index contributed by atoms with van der Waals surface area (Å²) >= 11 is 0. The number of anilines is 2. The molecule has 2 aromatic carbocycles. The van der Waals surface area contributed by atoms with Crippen molar-refractivity contribution in [3.8, 4) is 22.6 Å². The summed E-state index contributed by atoms with van der Waals surface area (Å²) in [4.78, 5) is 64.8. The highest BCUT2D eigenvalue weighted by molar-refractivity contribution is 6.05. The number of carbonyl (C=O) groups excluding carboxylic acids is 3. The second-order valence-corrected chi connectivity index (χ2v) is 18.2. The van der Waals surface area contributed by atoms with E-state index in [-0.39, 0.29) is 42.3 Å². The number of methoxy groups -OCH3 is 2. The summed E-state index contributed by atoms with van der Waals surface area (Å²) < 4.78 is 45.4. The smallest absolute Gasteiger partial charge is 0.264 e. The van der Waals surface area contributed by atoms with Crippen molar-refractivity contribution in [3.05, 3.63) is 75.8 Å². The summed E-state index contributed by atoms with van der Waals surface area (Å²) in [6.45, 7) is 4.34. The number of piperidine rings is 3. The fourth-order valence-electron chi connectivity index (χ4n) is 10.3. The Kier molecular flexibility index (Phi) is 10.7. The van der Waals surface area contributed by atoms with Crippen LogP contribution in [0.1, 0.15) is 53.6 Å². The van der Waals surface area contributed by atoms with Crippen molar-refractivity contribution in [2.24, 2.45) is 18.4 Å². The summed E-state index contributed by atoms with van der Waals surface area (Å²) in [5.41, 5.74) is 4.67. The lowest BCUT2D eigenvalue weighted by atomic mass is 9.71. The van der Waals surface area contributed by atoms with Crippen molar-refractivity contribution in [1.29, 1.82) is 0 Å². The van der Waals surface area contributed by atoms with Gasteiger partial charge < -0.3 is 33.6 Å². The van der Waals surface area contributed by atoms with Crippen molar-refractivity contribution in [3.63, 3.8) is 0 Å². The van der Waals surface area contributed by atoms with Crippen molar-refractivity contribution >= 4 is 40.0 Å². The van der Waals surface area contributed by atoms with Crippen LogP contribution in [0.4, 0.5) is 20.3 Å². The third-order valence-electron chi connectivity index (χ3n) is 14.0. The first-order valence-corrected chi connectivity index (χ1v) is 21.4. The Hall–Kier alpha value is -5.61. The van der Waals surface area contributed by atoms with Crippen LogP contribution in [0.5, 0.6) is 11.5 Å². The summed E-state index contributed by atoms with van der Waals surface area (Å²) in [5, 5.41) is 3.57. The molecule has 4 aromatic rings. The van der Waals surface area contributed by atoms with Crippen molar-refractivity contribution in [1.82, 2.24) is 29.6 Å². The Morgan fingerprint density at radius 1 is 0.887 bits per heavy atom. The van der Waals surface area contributed by atoms with E-state index in [1.807, 2.05) is 55.4 Å². The van der Waals surface area contributed by atoms with Crippen LogP contribution in [0, 0.1) is 11.3 Å². The Morgan fingerprint density at radius 2 is 1.61 bits per heavy atom. The van der Waals surface area contributed by atoms with Gasteiger partial charge >= 0.3 is 0 Å². The molecule has 2 atom stereocenters. The number of ether oxygens (including phenoxy) is 2. The van der Waals surface area contributed by atoms with Crippen molar-refractivity contribution in [2.75, 3.05) is 83.9 Å². The molecule has 16 heteroatoms. The molecule has 4 fully saturated rings. The van der Waals surface area contributed by atoms with E-state index >= 15 is 8.78 Å². The fraction of sp³-hybridized carbons (Fsp3) is 0.500. The van der Waals surface area contributed by atoms with E-state index in [2.05, 4.69) is 20.1 Å². The number of likely N-dealkylation sites (tertiary alicyclic amines) is 2. The predicted octanol–water partition coefficient (Wildman–Crippen LogP) is 4.50. The molecular formula is C46H54F2N8O6. The highest BCUT2D eigenvalue weighted by atomic mass is 19.3. The number of halogens is 2. The van der Waals surface area contributed by atoms with Gasteiger partial charge in [0.15, 0.2) is 0 Å². The Bertz CT molecular complexity index is 2490. The molecule has 5 aliphatic rings. The van der Waals surface area contributed by atoms with Crippen LogP contribution >= 0.6 is 0 Å². The normalized spacial score (nSPS) is 22.5. The van der Waals surface area contributed by atoms with Gasteiger partial charge in [-0.15, -0.1) is 0 Å². The first kappa shape index (κ1) is 41.7. The number of amides is 3. The number of rotatable bonds is 10. The van der Waals surface area contributed by atoms with Gasteiger partial charge in [-0.2, -0.15) is 0 Å². The largest absolute Gasteiger partial charge is 0.496 e. The monoisotopic (exact) mass is 852 g/mol. The molecule has 2 aromatic heterocycles. The number of hydrogen-bond donors (Lipinski definition) is 1. The zero-order valence-corrected chi connectivity index (χ0v) is 36.0. The summed E-state index contributed by atoms with van der Waals surface area (Å²) in [6.07, 6.45) is 6.16. The number of nitrogens with one attached hydrogen (secondary N) is 1. The number of hydrogen-bond acceptors (Lipinski definition) is 11. The number of imide groups is 1. The van der Waals surface area contributed by atoms with Gasteiger partial charge in [-0.1, -0.05) is 6.07 Å². The van der Waals surface area contributed by atoms with Crippen LogP contribution in [0.25, 0.3) is 21.9 Å². The van der Waals surface area contributed by atoms with Gasteiger partial charge in [0.1, 0.15) is 23.4 Å². The molecule has 7 heterocycles. The van der Waals surface area contributed by atoms with Gasteiger partial charge in [-0.25, -0.2) is 13.8 Å². The van der Waals surface area contributed by atoms with Gasteiger partial charge in [-0.05, 0) is 86.8 Å². The Labute approximate surface area is 359 Å². The zero-order chi connectivity index (χ0) is 43.7. The van der Waals surface area contributed by atoms with Gasteiger partial charge in [0.25, 0.3) is 17.4 Å². The number of carbonyl (C=O) groups is 3. The minimum absolute atomic E-state index is 0.119. The van der Waals surface area contributed by atoms with Crippen LogP contribution in [0.2, 0.25) is 0 Å². The molecule has 14 nitrogen and oxygen atoms in total. The number of benzene rings is 2. The molecule has 62 heavy (non-hydrogen) atoms. The van der Waals surface area contributed by atoms with Crippen molar-refractivity contribution in [2.45, 2.75) is 57.2 Å². The molecule has 1 N–H and O–H groups in total. The highest BCUT2D eigenvalue weighted by Gasteiger charge is 2.49. The van der Waals surface area contributed by atoms with Crippen molar-refractivity contribution < 1.29 is 32.6 Å². The lowest BCUT2D eigenvalue weighted by Gasteiger charge is -2.55. The molecular weight excluding hydrogens is 799 g/mol. The molecule has 0 saturated carbocycles. The van der Waals surface area contributed by atoms with Crippen LogP contribution in [0.3, 0.4) is 0 Å². The molecule has 2 unspecified atom stereocenters. The minimum atomic E-state index is -2.88. The van der Waals surface area contributed by atoms with E-state index in [4.69, 9.17) is 9.47 Å². The SMILES string of the molecule is COc1cc(-c2cn(C)c(=O)c3cnc(N(C)C)cc23)cc(OC)c1CN1CCC(CN2CCC3(CC2)CN(c2ccc4c(c2)C(=O)N(C2CCC(=O)NC2=O)C4)C3)C(F)(F)C1. The Balaban J connectivity index is 0.807. The highest BCUT2D eigenvalue weighted by Crippen LogP contribution is 2.45. The predicted molar refractivity (Wildman–Crippen MR) is 231 cm³/mol. The first-order valence-electron chi connectivity index (χ1n) is 21.4. The fourth-order valence-corrected chi connectivity index (χ4v) is 10.3. The van der Waals surface area contributed by atoms with E-state index in [9.17, 15) is 19.2 Å². The number of alkyl halides is 2. The average Bonchev–Trinajstić information content (AvgIpc) is 3.56. The lowest BCUT2D eigenvalue weighted by molar-refractivity contribution is -0.136. The molecule has 0 bridgehead atoms. The van der Waals surface area contributed by atoms with E-state index in [0.717, 1.165) is 66.8 Å². The Morgan fingerprint density at radius 3 is 2.27 bits per heavy atom. The molecule has 4 saturated heterocycles. The third-order valence-corrected chi connectivity index (χ3v) is 14.0.